The summed E-state index contributed by atoms with van der Waals surface area (Å²) in [6.45, 7) is 0.458. The molecular formula is C37H44N2O5S. The van der Waals surface area contributed by atoms with Gasteiger partial charge in [0.1, 0.15) is 6.61 Å². The van der Waals surface area contributed by atoms with Crippen molar-refractivity contribution in [2.24, 2.45) is 11.8 Å². The van der Waals surface area contributed by atoms with Crippen LogP contribution in [0.3, 0.4) is 0 Å². The molecule has 0 aromatic heterocycles. The number of allylic oxidation sites excluding steroid dienone is 2. The Morgan fingerprint density at radius 1 is 0.867 bits per heavy atom. The fourth-order valence-electron chi connectivity index (χ4n) is 5.36. The summed E-state index contributed by atoms with van der Waals surface area (Å²) in [7, 11) is 0. The van der Waals surface area contributed by atoms with Crippen molar-refractivity contribution in [2.45, 2.75) is 50.4 Å². The number of hydrogen-bond donors (Lipinski definition) is 2. The zero-order chi connectivity index (χ0) is 31.7. The number of ether oxygens (including phenoxy) is 1. The lowest BCUT2D eigenvalue weighted by atomic mass is 9.94. The Balaban J connectivity index is 1.48. The van der Waals surface area contributed by atoms with Gasteiger partial charge in [-0.25, -0.2) is 0 Å². The molecule has 1 aliphatic heterocycles. The van der Waals surface area contributed by atoms with Gasteiger partial charge in [0.15, 0.2) is 0 Å². The number of aliphatic hydroxyl groups is 1. The van der Waals surface area contributed by atoms with E-state index in [-0.39, 0.29) is 49.9 Å². The van der Waals surface area contributed by atoms with Crippen molar-refractivity contribution in [3.05, 3.63) is 120 Å². The van der Waals surface area contributed by atoms with Gasteiger partial charge in [-0.05, 0) is 42.4 Å². The Morgan fingerprint density at radius 2 is 1.51 bits per heavy atom. The zero-order valence-electron chi connectivity index (χ0n) is 25.8. The van der Waals surface area contributed by atoms with Gasteiger partial charge in [-0.15, -0.1) is 0 Å². The van der Waals surface area contributed by atoms with Crippen LogP contribution in [0.2, 0.25) is 0 Å². The Morgan fingerprint density at radius 3 is 2.18 bits per heavy atom. The number of thioether (sulfide) groups is 1. The van der Waals surface area contributed by atoms with E-state index in [2.05, 4.69) is 17.4 Å². The van der Waals surface area contributed by atoms with Crippen LogP contribution in [0.4, 0.5) is 0 Å². The average Bonchev–Trinajstić information content (AvgIpc) is 3.07. The Kier molecular flexibility index (Phi) is 14.2. The SMILES string of the molecule is O=C1N[C@@H](CSCc2ccccc2)COC(=O)[C@@H](Cc2ccccc2)CCC=CC[C@@H]1CC(=O)N(CCO)Cc1ccccc1. The van der Waals surface area contributed by atoms with Crippen molar-refractivity contribution in [3.8, 4) is 0 Å². The molecule has 2 N–H and O–H groups in total. The topological polar surface area (TPSA) is 95.9 Å². The standard InChI is InChI=1S/C37H44N2O5S/c40-22-21-39(25-30-15-7-2-8-16-30)35(41)24-32-19-11-4-12-20-33(23-29-13-5-1-6-14-29)37(43)44-26-34(38-36(32)42)28-45-27-31-17-9-3-10-18-31/h1-11,13-18,32-34,40H,12,19-28H2,(H,38,42)/t32-,33-,34-/m1/s1. The lowest BCUT2D eigenvalue weighted by Gasteiger charge is -2.26. The molecule has 238 valence electrons. The summed E-state index contributed by atoms with van der Waals surface area (Å²) < 4.78 is 5.86. The Labute approximate surface area is 271 Å². The first kappa shape index (κ1) is 34.0. The minimum Gasteiger partial charge on any atom is -0.463 e. The van der Waals surface area contributed by atoms with E-state index in [9.17, 15) is 19.5 Å². The van der Waals surface area contributed by atoms with Gasteiger partial charge in [0, 0.05) is 31.0 Å². The predicted molar refractivity (Wildman–Crippen MR) is 179 cm³/mol. The molecule has 4 rings (SSSR count). The fourth-order valence-corrected chi connectivity index (χ4v) is 6.37. The molecule has 45 heavy (non-hydrogen) atoms. The average molecular weight is 629 g/mol. The monoisotopic (exact) mass is 628 g/mol. The van der Waals surface area contributed by atoms with Gasteiger partial charge < -0.3 is 20.1 Å². The first-order valence-electron chi connectivity index (χ1n) is 15.7. The van der Waals surface area contributed by atoms with E-state index in [4.69, 9.17) is 4.74 Å². The van der Waals surface area contributed by atoms with Crippen LogP contribution in [-0.4, -0.2) is 59.3 Å². The normalized spacial score (nSPS) is 19.4. The maximum Gasteiger partial charge on any atom is 0.309 e. The van der Waals surface area contributed by atoms with Crippen molar-refractivity contribution in [3.63, 3.8) is 0 Å². The van der Waals surface area contributed by atoms with E-state index in [1.165, 1.54) is 5.56 Å². The van der Waals surface area contributed by atoms with Crippen LogP contribution in [0.25, 0.3) is 0 Å². The summed E-state index contributed by atoms with van der Waals surface area (Å²) in [6, 6.07) is 29.3. The van der Waals surface area contributed by atoms with Crippen molar-refractivity contribution < 1.29 is 24.2 Å². The maximum atomic E-state index is 13.7. The molecule has 1 heterocycles. The third-order valence-electron chi connectivity index (χ3n) is 7.86. The highest BCUT2D eigenvalue weighted by Crippen LogP contribution is 2.21. The van der Waals surface area contributed by atoms with Crippen molar-refractivity contribution >= 4 is 29.5 Å². The molecule has 1 aliphatic rings. The van der Waals surface area contributed by atoms with E-state index in [0.29, 0.717) is 38.0 Å². The van der Waals surface area contributed by atoms with Gasteiger partial charge in [-0.1, -0.05) is 103 Å². The highest BCUT2D eigenvalue weighted by atomic mass is 32.2. The number of nitrogens with one attached hydrogen (secondary N) is 1. The molecule has 3 aromatic carbocycles. The third-order valence-corrected chi connectivity index (χ3v) is 9.04. The molecule has 0 spiro atoms. The molecule has 2 amide bonds. The van der Waals surface area contributed by atoms with Gasteiger partial charge in [-0.3, -0.25) is 14.4 Å². The summed E-state index contributed by atoms with van der Waals surface area (Å²) in [5.41, 5.74) is 3.22. The second-order valence-corrected chi connectivity index (χ2v) is 12.5. The number of cyclic esters (lactones) is 1. The Hall–Kier alpha value is -3.88. The molecule has 8 heteroatoms. The highest BCUT2D eigenvalue weighted by molar-refractivity contribution is 7.98. The molecule has 3 aromatic rings. The van der Waals surface area contributed by atoms with Crippen LogP contribution < -0.4 is 5.32 Å². The maximum absolute atomic E-state index is 13.7. The van der Waals surface area contributed by atoms with Crippen LogP contribution in [0.1, 0.15) is 42.4 Å². The number of carbonyl (C=O) groups is 3. The number of nitrogens with zero attached hydrogens (tertiary/aromatic N) is 1. The van der Waals surface area contributed by atoms with Gasteiger partial charge >= 0.3 is 5.97 Å². The molecule has 3 atom stereocenters. The number of esters is 1. The van der Waals surface area contributed by atoms with Gasteiger partial charge in [0.25, 0.3) is 0 Å². The van der Waals surface area contributed by atoms with Gasteiger partial charge in [-0.2, -0.15) is 11.8 Å². The Bertz CT molecular complexity index is 1350. The molecular weight excluding hydrogens is 584 g/mol. The van der Waals surface area contributed by atoms with Crippen LogP contribution >= 0.6 is 11.8 Å². The number of hydrogen-bond acceptors (Lipinski definition) is 6. The first-order chi connectivity index (χ1) is 22.0. The lowest BCUT2D eigenvalue weighted by Crippen LogP contribution is -2.45. The fraction of sp³-hybridized carbons (Fsp3) is 0.378. The number of carbonyl (C=O) groups excluding carboxylic acids is 3. The van der Waals surface area contributed by atoms with Crippen LogP contribution in [-0.2, 0) is 37.8 Å². The van der Waals surface area contributed by atoms with Gasteiger partial charge in [0.2, 0.25) is 11.8 Å². The summed E-state index contributed by atoms with van der Waals surface area (Å²) in [5, 5.41) is 12.8. The lowest BCUT2D eigenvalue weighted by molar-refractivity contribution is -0.150. The van der Waals surface area contributed by atoms with Crippen molar-refractivity contribution in [2.75, 3.05) is 25.5 Å². The van der Waals surface area contributed by atoms with E-state index in [1.807, 2.05) is 91.0 Å². The van der Waals surface area contributed by atoms with Crippen molar-refractivity contribution in [1.82, 2.24) is 10.2 Å². The van der Waals surface area contributed by atoms with Crippen LogP contribution in [0.5, 0.6) is 0 Å². The van der Waals surface area contributed by atoms with E-state index < -0.39 is 12.0 Å². The van der Waals surface area contributed by atoms with Gasteiger partial charge in [0.05, 0.1) is 24.5 Å². The largest absolute Gasteiger partial charge is 0.463 e. The molecule has 0 saturated heterocycles. The molecule has 0 unspecified atom stereocenters. The number of amides is 2. The number of benzene rings is 3. The zero-order valence-corrected chi connectivity index (χ0v) is 26.6. The minimum atomic E-state index is -0.594. The predicted octanol–water partition coefficient (Wildman–Crippen LogP) is 5.57. The second kappa shape index (κ2) is 18.8. The van der Waals surface area contributed by atoms with Crippen molar-refractivity contribution in [1.29, 1.82) is 0 Å². The number of aliphatic hydroxyl groups excluding tert-OH is 1. The molecule has 0 fully saturated rings. The molecule has 0 radical (unpaired) electrons. The third kappa shape index (κ3) is 11.9. The van der Waals surface area contributed by atoms with Crippen LogP contribution in [0, 0.1) is 11.8 Å². The molecule has 0 aliphatic carbocycles. The second-order valence-electron chi connectivity index (χ2n) is 11.4. The molecule has 0 saturated carbocycles. The summed E-state index contributed by atoms with van der Waals surface area (Å²) >= 11 is 1.67. The van der Waals surface area contributed by atoms with E-state index >= 15 is 0 Å². The van der Waals surface area contributed by atoms with E-state index in [0.717, 1.165) is 16.9 Å². The summed E-state index contributed by atoms with van der Waals surface area (Å²) in [6.07, 6.45) is 6.25. The quantitative estimate of drug-likeness (QED) is 0.201. The molecule has 7 nitrogen and oxygen atoms in total. The first-order valence-corrected chi connectivity index (χ1v) is 16.9. The summed E-state index contributed by atoms with van der Waals surface area (Å²) in [4.78, 5) is 42.1. The number of rotatable bonds is 12. The highest BCUT2D eigenvalue weighted by Gasteiger charge is 2.28. The van der Waals surface area contributed by atoms with E-state index in [1.54, 1.807) is 16.7 Å². The molecule has 0 bridgehead atoms. The summed E-state index contributed by atoms with van der Waals surface area (Å²) in [5.74, 6) is -0.257. The smallest absolute Gasteiger partial charge is 0.309 e. The minimum absolute atomic E-state index is 0.0172. The van der Waals surface area contributed by atoms with Crippen LogP contribution in [0.15, 0.2) is 103 Å².